The van der Waals surface area contributed by atoms with E-state index in [0.29, 0.717) is 6.42 Å². The molecule has 0 heterocycles. The number of para-hydroxylation sites is 2. The molecule has 1 unspecified atom stereocenters. The quantitative estimate of drug-likeness (QED) is 0.815. The highest BCUT2D eigenvalue weighted by atomic mass is 16.5. The molecular formula is C18H23NO2. The van der Waals surface area contributed by atoms with Crippen LogP contribution in [0.1, 0.15) is 30.5 Å². The summed E-state index contributed by atoms with van der Waals surface area (Å²) in [6, 6.07) is 16.2. The van der Waals surface area contributed by atoms with E-state index in [2.05, 4.69) is 18.3 Å². The van der Waals surface area contributed by atoms with E-state index in [1.807, 2.05) is 49.5 Å². The smallest absolute Gasteiger partial charge is 0.132 e. The average Bonchev–Trinajstić information content (AvgIpc) is 2.52. The lowest BCUT2D eigenvalue weighted by Gasteiger charge is -2.19. The minimum absolute atomic E-state index is 0.121. The summed E-state index contributed by atoms with van der Waals surface area (Å²) < 4.78 is 6.13. The highest BCUT2D eigenvalue weighted by Gasteiger charge is 2.13. The summed E-state index contributed by atoms with van der Waals surface area (Å²) in [5.41, 5.74) is 2.17. The van der Waals surface area contributed by atoms with Gasteiger partial charge in [-0.1, -0.05) is 43.3 Å². The van der Waals surface area contributed by atoms with Gasteiger partial charge in [-0.3, -0.25) is 0 Å². The van der Waals surface area contributed by atoms with Crippen LogP contribution in [0.5, 0.6) is 11.5 Å². The molecular weight excluding hydrogens is 262 g/mol. The van der Waals surface area contributed by atoms with Crippen LogP contribution >= 0.6 is 0 Å². The summed E-state index contributed by atoms with van der Waals surface area (Å²) in [5.74, 6) is 1.68. The molecule has 0 fully saturated rings. The molecule has 3 heteroatoms. The minimum Gasteiger partial charge on any atom is -0.457 e. The third-order valence-electron chi connectivity index (χ3n) is 3.62. The zero-order valence-electron chi connectivity index (χ0n) is 12.7. The van der Waals surface area contributed by atoms with Crippen LogP contribution in [0, 0.1) is 0 Å². The van der Waals surface area contributed by atoms with E-state index >= 15 is 0 Å². The molecule has 112 valence electrons. The Labute approximate surface area is 126 Å². The Bertz CT molecular complexity index is 565. The summed E-state index contributed by atoms with van der Waals surface area (Å²) in [6.07, 6.45) is 1.59. The molecule has 3 nitrogen and oxygen atoms in total. The first kappa shape index (κ1) is 15.5. The summed E-state index contributed by atoms with van der Waals surface area (Å²) in [4.78, 5) is 0. The molecule has 0 bridgehead atoms. The molecule has 0 saturated carbocycles. The molecule has 2 rings (SSSR count). The van der Waals surface area contributed by atoms with Crippen molar-refractivity contribution in [2.45, 2.75) is 25.8 Å². The maximum Gasteiger partial charge on any atom is 0.132 e. The molecule has 0 aliphatic rings. The predicted molar refractivity (Wildman–Crippen MR) is 85.8 cm³/mol. The van der Waals surface area contributed by atoms with Gasteiger partial charge in [0.1, 0.15) is 11.5 Å². The molecule has 2 aromatic carbocycles. The van der Waals surface area contributed by atoms with Crippen LogP contribution in [0.4, 0.5) is 0 Å². The van der Waals surface area contributed by atoms with Crippen molar-refractivity contribution in [1.82, 2.24) is 5.32 Å². The van der Waals surface area contributed by atoms with Crippen LogP contribution in [0.3, 0.4) is 0 Å². The Hall–Kier alpha value is -1.84. The fraction of sp³-hybridized carbons (Fsp3) is 0.333. The van der Waals surface area contributed by atoms with Crippen molar-refractivity contribution in [3.63, 3.8) is 0 Å². The Morgan fingerprint density at radius 1 is 1.05 bits per heavy atom. The number of hydrogen-bond donors (Lipinski definition) is 2. The molecule has 2 aromatic rings. The van der Waals surface area contributed by atoms with Gasteiger partial charge in [0.15, 0.2) is 0 Å². The third-order valence-corrected chi connectivity index (χ3v) is 3.62. The molecule has 0 radical (unpaired) electrons. The molecule has 0 aliphatic carbocycles. The highest BCUT2D eigenvalue weighted by molar-refractivity contribution is 5.42. The number of rotatable bonds is 7. The number of nitrogens with one attached hydrogen (secondary N) is 1. The van der Waals surface area contributed by atoms with E-state index in [1.165, 1.54) is 0 Å². The first-order valence-electron chi connectivity index (χ1n) is 7.43. The van der Waals surface area contributed by atoms with E-state index in [9.17, 15) is 0 Å². The number of aliphatic hydroxyl groups excluding tert-OH is 1. The first-order chi connectivity index (χ1) is 10.3. The third kappa shape index (κ3) is 3.84. The Morgan fingerprint density at radius 2 is 1.71 bits per heavy atom. The van der Waals surface area contributed by atoms with Gasteiger partial charge in [-0.25, -0.2) is 0 Å². The number of hydrogen-bond acceptors (Lipinski definition) is 3. The number of benzene rings is 2. The highest BCUT2D eigenvalue weighted by Crippen LogP contribution is 2.32. The van der Waals surface area contributed by atoms with Crippen LogP contribution in [0.15, 0.2) is 48.5 Å². The fourth-order valence-electron chi connectivity index (χ4n) is 2.49. The topological polar surface area (TPSA) is 41.5 Å². The maximum absolute atomic E-state index is 9.16. The molecule has 0 aromatic heterocycles. The van der Waals surface area contributed by atoms with E-state index in [-0.39, 0.29) is 12.6 Å². The summed E-state index contributed by atoms with van der Waals surface area (Å²) in [6.45, 7) is 2.27. The van der Waals surface area contributed by atoms with Crippen LogP contribution in [0.25, 0.3) is 0 Å². The van der Waals surface area contributed by atoms with E-state index in [1.54, 1.807) is 0 Å². The van der Waals surface area contributed by atoms with Gasteiger partial charge in [0.25, 0.3) is 0 Å². The normalized spacial score (nSPS) is 12.1. The average molecular weight is 285 g/mol. The second-order valence-corrected chi connectivity index (χ2v) is 4.97. The summed E-state index contributed by atoms with van der Waals surface area (Å²) >= 11 is 0. The van der Waals surface area contributed by atoms with Gasteiger partial charge in [0.2, 0.25) is 0 Å². The summed E-state index contributed by atoms with van der Waals surface area (Å²) in [5, 5.41) is 12.5. The largest absolute Gasteiger partial charge is 0.457 e. The molecule has 21 heavy (non-hydrogen) atoms. The van der Waals surface area contributed by atoms with Crippen LogP contribution in [-0.4, -0.2) is 18.8 Å². The molecule has 2 N–H and O–H groups in total. The van der Waals surface area contributed by atoms with Crippen molar-refractivity contribution in [2.75, 3.05) is 13.7 Å². The Kier molecular flexibility index (Phi) is 5.78. The maximum atomic E-state index is 9.16. The van der Waals surface area contributed by atoms with Gasteiger partial charge in [-0.15, -0.1) is 0 Å². The lowest BCUT2D eigenvalue weighted by molar-refractivity contribution is 0.297. The summed E-state index contributed by atoms with van der Waals surface area (Å²) in [7, 11) is 1.96. The van der Waals surface area contributed by atoms with E-state index in [0.717, 1.165) is 29.0 Å². The number of ether oxygens (including phenoxy) is 1. The van der Waals surface area contributed by atoms with Crippen LogP contribution in [-0.2, 0) is 6.42 Å². The van der Waals surface area contributed by atoms with Crippen molar-refractivity contribution in [1.29, 1.82) is 0 Å². The monoisotopic (exact) mass is 285 g/mol. The van der Waals surface area contributed by atoms with Crippen molar-refractivity contribution in [3.8, 4) is 11.5 Å². The lowest BCUT2D eigenvalue weighted by atomic mass is 10.0. The zero-order chi connectivity index (χ0) is 15.1. The van der Waals surface area contributed by atoms with Crippen molar-refractivity contribution in [2.24, 2.45) is 0 Å². The predicted octanol–water partition coefficient (Wildman–Crippen LogP) is 3.68. The number of aliphatic hydroxyl groups is 1. The molecule has 0 spiro atoms. The second kappa shape index (κ2) is 7.81. The minimum atomic E-state index is 0.121. The van der Waals surface area contributed by atoms with Gasteiger partial charge in [-0.2, -0.15) is 0 Å². The fourth-order valence-corrected chi connectivity index (χ4v) is 2.49. The zero-order valence-corrected chi connectivity index (χ0v) is 12.7. The van der Waals surface area contributed by atoms with Crippen LogP contribution in [0.2, 0.25) is 0 Å². The van der Waals surface area contributed by atoms with Crippen molar-refractivity contribution in [3.05, 3.63) is 59.7 Å². The van der Waals surface area contributed by atoms with Crippen molar-refractivity contribution < 1.29 is 9.84 Å². The molecule has 0 aliphatic heterocycles. The van der Waals surface area contributed by atoms with Gasteiger partial charge in [0, 0.05) is 18.2 Å². The standard InChI is InChI=1S/C18H23NO2/c1-3-16(19-2)15-9-5-7-11-18(15)21-17-10-6-4-8-14(17)12-13-20/h4-11,16,19-20H,3,12-13H2,1-2H3. The molecule has 0 amide bonds. The molecule has 0 saturated heterocycles. The van der Waals surface area contributed by atoms with Crippen molar-refractivity contribution >= 4 is 0 Å². The molecule has 1 atom stereocenters. The van der Waals surface area contributed by atoms with Crippen LogP contribution < -0.4 is 10.1 Å². The second-order valence-electron chi connectivity index (χ2n) is 4.97. The van der Waals surface area contributed by atoms with E-state index < -0.39 is 0 Å². The first-order valence-corrected chi connectivity index (χ1v) is 7.43. The van der Waals surface area contributed by atoms with Gasteiger partial charge in [0.05, 0.1) is 0 Å². The van der Waals surface area contributed by atoms with Gasteiger partial charge < -0.3 is 15.2 Å². The SMILES string of the molecule is CCC(NC)c1ccccc1Oc1ccccc1CCO. The lowest BCUT2D eigenvalue weighted by Crippen LogP contribution is -2.16. The van der Waals surface area contributed by atoms with E-state index in [4.69, 9.17) is 9.84 Å². The Balaban J connectivity index is 2.32. The van der Waals surface area contributed by atoms with Gasteiger partial charge in [-0.05, 0) is 37.6 Å². The Morgan fingerprint density at radius 3 is 2.38 bits per heavy atom. The van der Waals surface area contributed by atoms with Gasteiger partial charge >= 0.3 is 0 Å².